The van der Waals surface area contributed by atoms with E-state index in [-0.39, 0.29) is 0 Å². The van der Waals surface area contributed by atoms with E-state index in [2.05, 4.69) is 155 Å². The van der Waals surface area contributed by atoms with Crippen LogP contribution in [0.4, 0.5) is 0 Å². The number of thiophene rings is 1. The second kappa shape index (κ2) is 11.0. The summed E-state index contributed by atoms with van der Waals surface area (Å²) in [6.45, 7) is 0. The minimum Gasteiger partial charge on any atom is -0.308 e. The van der Waals surface area contributed by atoms with Crippen molar-refractivity contribution in [3.63, 3.8) is 0 Å². The second-order valence-corrected chi connectivity index (χ2v) is 14.1. The van der Waals surface area contributed by atoms with Gasteiger partial charge in [0.05, 0.1) is 32.5 Å². The van der Waals surface area contributed by atoms with Crippen LogP contribution in [-0.4, -0.2) is 19.1 Å². The lowest BCUT2D eigenvalue weighted by molar-refractivity contribution is 1.05. The molecule has 0 saturated carbocycles. The van der Waals surface area contributed by atoms with Crippen molar-refractivity contribution in [3.05, 3.63) is 170 Å². The van der Waals surface area contributed by atoms with E-state index in [4.69, 9.17) is 9.97 Å². The lowest BCUT2D eigenvalue weighted by atomic mass is 10.1. The summed E-state index contributed by atoms with van der Waals surface area (Å²) < 4.78 is 7.41. The summed E-state index contributed by atoms with van der Waals surface area (Å²) in [5.74, 6) is 1.54. The molecule has 0 unspecified atom stereocenters. The zero-order chi connectivity index (χ0) is 33.5. The van der Waals surface area contributed by atoms with Crippen molar-refractivity contribution in [2.45, 2.75) is 0 Å². The summed E-state index contributed by atoms with van der Waals surface area (Å²) in [7, 11) is 0. The van der Waals surface area contributed by atoms with Gasteiger partial charge in [-0.15, -0.1) is 11.3 Å². The molecule has 4 nitrogen and oxygen atoms in total. The highest BCUT2D eigenvalue weighted by Gasteiger charge is 2.22. The number of hydrogen-bond donors (Lipinski definition) is 0. The molecule has 11 rings (SSSR count). The first-order valence-corrected chi connectivity index (χ1v) is 18.0. The van der Waals surface area contributed by atoms with E-state index in [1.165, 1.54) is 52.8 Å². The minimum atomic E-state index is 0.701. The van der Waals surface area contributed by atoms with Crippen molar-refractivity contribution < 1.29 is 0 Å². The Labute approximate surface area is 297 Å². The SMILES string of the molecule is c1ccc(-c2cc(-n3c4ccccc4c4cc5c(cc43)c3ccc4c6ccccc6sc4c3n5-c3ccccc3)nc(-c3ccccc3)n2)cc1. The largest absolute Gasteiger partial charge is 0.308 e. The molecule has 0 atom stereocenters. The fourth-order valence-electron chi connectivity index (χ4n) is 7.85. The van der Waals surface area contributed by atoms with Crippen LogP contribution in [0.15, 0.2) is 170 Å². The highest BCUT2D eigenvalue weighted by atomic mass is 32.1. The van der Waals surface area contributed by atoms with Gasteiger partial charge in [0, 0.05) is 59.9 Å². The van der Waals surface area contributed by atoms with Crippen molar-refractivity contribution in [2.75, 3.05) is 0 Å². The molecule has 0 aliphatic carbocycles. The number of fused-ring (bicyclic) bond motifs is 10. The normalized spacial score (nSPS) is 11.9. The first-order valence-electron chi connectivity index (χ1n) is 17.2. The second-order valence-electron chi connectivity index (χ2n) is 13.0. The molecule has 0 spiro atoms. The van der Waals surface area contributed by atoms with Gasteiger partial charge in [-0.1, -0.05) is 127 Å². The van der Waals surface area contributed by atoms with Crippen molar-refractivity contribution in [1.29, 1.82) is 0 Å². The van der Waals surface area contributed by atoms with Gasteiger partial charge < -0.3 is 4.57 Å². The molecule has 11 aromatic rings. The van der Waals surface area contributed by atoms with Crippen LogP contribution in [0.1, 0.15) is 0 Å². The first kappa shape index (κ1) is 28.3. The molecule has 0 amide bonds. The number of hydrogen-bond acceptors (Lipinski definition) is 3. The molecular weight excluding hydrogens is 641 g/mol. The van der Waals surface area contributed by atoms with Crippen molar-refractivity contribution in [3.8, 4) is 34.2 Å². The molecular formula is C46H28N4S. The smallest absolute Gasteiger partial charge is 0.162 e. The molecule has 0 bridgehead atoms. The van der Waals surface area contributed by atoms with Crippen molar-refractivity contribution in [1.82, 2.24) is 19.1 Å². The molecule has 238 valence electrons. The highest BCUT2D eigenvalue weighted by Crippen LogP contribution is 2.45. The quantitative estimate of drug-likeness (QED) is 0.187. The van der Waals surface area contributed by atoms with Gasteiger partial charge in [0.15, 0.2) is 5.82 Å². The molecule has 51 heavy (non-hydrogen) atoms. The summed E-state index contributed by atoms with van der Waals surface area (Å²) in [6.07, 6.45) is 0. The molecule has 4 heterocycles. The van der Waals surface area contributed by atoms with Gasteiger partial charge in [0.25, 0.3) is 0 Å². The minimum absolute atomic E-state index is 0.701. The number of nitrogens with zero attached hydrogens (tertiary/aromatic N) is 4. The standard InChI is InChI=1S/C46H28N4S/c1-4-14-29(15-5-1)38-28-43(48-46(47-38)30-16-6-2-7-17-30)50-39-22-12-10-20-32(39)36-26-40-37(27-41(36)50)34-24-25-35-33-21-11-13-23-42(33)51-45(35)44(34)49(40)31-18-8-3-9-19-31/h1-28H. The Morgan fingerprint density at radius 2 is 1.02 bits per heavy atom. The summed E-state index contributed by atoms with van der Waals surface area (Å²) in [6, 6.07) is 60.5. The number of rotatable bonds is 4. The third-order valence-electron chi connectivity index (χ3n) is 10.1. The van der Waals surface area contributed by atoms with E-state index in [1.807, 2.05) is 35.6 Å². The van der Waals surface area contributed by atoms with E-state index in [9.17, 15) is 0 Å². The maximum atomic E-state index is 5.28. The number of benzene rings is 7. The fourth-order valence-corrected chi connectivity index (χ4v) is 9.09. The Hall–Kier alpha value is -6.56. The van der Waals surface area contributed by atoms with Crippen LogP contribution in [0, 0.1) is 0 Å². The third-order valence-corrected chi connectivity index (χ3v) is 11.3. The molecule has 0 aliphatic rings. The van der Waals surface area contributed by atoms with Crippen molar-refractivity contribution in [2.24, 2.45) is 0 Å². The first-order chi connectivity index (χ1) is 25.3. The molecule has 5 heteroatoms. The summed E-state index contributed by atoms with van der Waals surface area (Å²) in [5.41, 5.74) is 8.74. The van der Waals surface area contributed by atoms with Gasteiger partial charge in [0.2, 0.25) is 0 Å². The summed E-state index contributed by atoms with van der Waals surface area (Å²) in [5, 5.41) is 7.43. The Morgan fingerprint density at radius 1 is 0.412 bits per heavy atom. The van der Waals surface area contributed by atoms with Crippen LogP contribution < -0.4 is 0 Å². The van der Waals surface area contributed by atoms with Gasteiger partial charge in [-0.2, -0.15) is 0 Å². The molecule has 4 aromatic heterocycles. The molecule has 0 saturated heterocycles. The molecule has 0 N–H and O–H groups in total. The number of aromatic nitrogens is 4. The van der Waals surface area contributed by atoms with E-state index < -0.39 is 0 Å². The molecule has 0 radical (unpaired) electrons. The number of para-hydroxylation sites is 2. The van der Waals surface area contributed by atoms with E-state index >= 15 is 0 Å². The van der Waals surface area contributed by atoms with Gasteiger partial charge in [-0.3, -0.25) is 4.57 Å². The zero-order valence-electron chi connectivity index (χ0n) is 27.4. The Morgan fingerprint density at radius 3 is 1.80 bits per heavy atom. The van der Waals surface area contributed by atoms with E-state index in [0.29, 0.717) is 5.82 Å². The zero-order valence-corrected chi connectivity index (χ0v) is 28.2. The van der Waals surface area contributed by atoms with Crippen LogP contribution in [0.2, 0.25) is 0 Å². The Kier molecular flexibility index (Phi) is 6.09. The van der Waals surface area contributed by atoms with Gasteiger partial charge >= 0.3 is 0 Å². The maximum absolute atomic E-state index is 5.28. The van der Waals surface area contributed by atoms with E-state index in [1.54, 1.807) is 0 Å². The van der Waals surface area contributed by atoms with Crippen LogP contribution in [0.5, 0.6) is 0 Å². The maximum Gasteiger partial charge on any atom is 0.162 e. The summed E-state index contributed by atoms with van der Waals surface area (Å²) >= 11 is 1.88. The Balaban J connectivity index is 1.28. The fraction of sp³-hybridized carbons (Fsp3) is 0. The molecule has 0 aliphatic heterocycles. The van der Waals surface area contributed by atoms with Crippen LogP contribution >= 0.6 is 11.3 Å². The monoisotopic (exact) mass is 668 g/mol. The highest BCUT2D eigenvalue weighted by molar-refractivity contribution is 7.26. The van der Waals surface area contributed by atoms with Gasteiger partial charge in [0.1, 0.15) is 5.82 Å². The lowest BCUT2D eigenvalue weighted by Crippen LogP contribution is -2.02. The van der Waals surface area contributed by atoms with E-state index in [0.717, 1.165) is 39.4 Å². The predicted octanol–water partition coefficient (Wildman–Crippen LogP) is 12.4. The van der Waals surface area contributed by atoms with Crippen LogP contribution in [0.3, 0.4) is 0 Å². The molecule has 7 aromatic carbocycles. The van der Waals surface area contributed by atoms with Gasteiger partial charge in [-0.25, -0.2) is 9.97 Å². The predicted molar refractivity (Wildman–Crippen MR) is 214 cm³/mol. The Bertz CT molecular complexity index is 3060. The van der Waals surface area contributed by atoms with Crippen molar-refractivity contribution >= 4 is 75.1 Å². The topological polar surface area (TPSA) is 35.6 Å². The summed E-state index contributed by atoms with van der Waals surface area (Å²) in [4.78, 5) is 10.4. The van der Waals surface area contributed by atoms with Crippen LogP contribution in [0.25, 0.3) is 97.9 Å². The van der Waals surface area contributed by atoms with Gasteiger partial charge in [-0.05, 0) is 36.4 Å². The average molecular weight is 669 g/mol. The molecule has 0 fully saturated rings. The average Bonchev–Trinajstić information content (AvgIpc) is 3.85. The third kappa shape index (κ3) is 4.25. The van der Waals surface area contributed by atoms with Crippen LogP contribution in [-0.2, 0) is 0 Å². The lowest BCUT2D eigenvalue weighted by Gasteiger charge is -2.12.